The fraction of sp³-hybridized carbons (Fsp3) is 0.200. The summed E-state index contributed by atoms with van der Waals surface area (Å²) in [6.45, 7) is 2.76. The van der Waals surface area contributed by atoms with Gasteiger partial charge in [-0.25, -0.2) is 0 Å². The minimum atomic E-state index is -0.195. The van der Waals surface area contributed by atoms with E-state index in [1.54, 1.807) is 31.4 Å². The van der Waals surface area contributed by atoms with Crippen LogP contribution >= 0.6 is 11.8 Å². The molecule has 140 valence electrons. The van der Waals surface area contributed by atoms with Gasteiger partial charge in [0.05, 0.1) is 25.2 Å². The molecular weight excluding hydrogens is 364 g/mol. The Balaban J connectivity index is 1.70. The van der Waals surface area contributed by atoms with Gasteiger partial charge in [0.2, 0.25) is 0 Å². The summed E-state index contributed by atoms with van der Waals surface area (Å²) in [4.78, 5) is 17.2. The number of rotatable bonds is 6. The lowest BCUT2D eigenvalue weighted by molar-refractivity contribution is -0.115. The van der Waals surface area contributed by atoms with Crippen molar-refractivity contribution in [2.75, 3.05) is 13.7 Å². The number of phenolic OH excluding ortho intramolecular Hbond substituents is 1. The number of carbonyl (C=O) groups excluding carboxylic acids is 1. The Hall–Kier alpha value is -2.93. The van der Waals surface area contributed by atoms with Crippen molar-refractivity contribution in [1.82, 2.24) is 5.32 Å². The molecule has 2 aromatic carbocycles. The van der Waals surface area contributed by atoms with E-state index in [1.807, 2.05) is 31.2 Å². The highest BCUT2D eigenvalue weighted by Crippen LogP contribution is 2.31. The molecule has 0 aliphatic carbocycles. The third-order valence-corrected chi connectivity index (χ3v) is 4.74. The van der Waals surface area contributed by atoms with E-state index in [4.69, 9.17) is 9.47 Å². The summed E-state index contributed by atoms with van der Waals surface area (Å²) in [6.07, 6.45) is 1.75. The molecule has 0 saturated carbocycles. The summed E-state index contributed by atoms with van der Waals surface area (Å²) in [7, 11) is 1.62. The van der Waals surface area contributed by atoms with Gasteiger partial charge in [-0.3, -0.25) is 9.79 Å². The summed E-state index contributed by atoms with van der Waals surface area (Å²) >= 11 is 1.29. The zero-order valence-electron chi connectivity index (χ0n) is 15.1. The largest absolute Gasteiger partial charge is 0.504 e. The van der Waals surface area contributed by atoms with Crippen LogP contribution in [0.25, 0.3) is 6.08 Å². The van der Waals surface area contributed by atoms with Gasteiger partial charge in [0.15, 0.2) is 16.7 Å². The zero-order valence-corrected chi connectivity index (χ0v) is 15.9. The van der Waals surface area contributed by atoms with E-state index in [1.165, 1.54) is 11.8 Å². The second-order valence-electron chi connectivity index (χ2n) is 5.69. The van der Waals surface area contributed by atoms with Crippen LogP contribution in [0.2, 0.25) is 0 Å². The Labute approximate surface area is 161 Å². The normalized spacial score (nSPS) is 16.6. The summed E-state index contributed by atoms with van der Waals surface area (Å²) in [5.41, 5.74) is 1.79. The molecule has 6 nitrogen and oxygen atoms in total. The number of amidine groups is 1. The Morgan fingerprint density at radius 3 is 2.70 bits per heavy atom. The van der Waals surface area contributed by atoms with E-state index in [-0.39, 0.29) is 11.7 Å². The molecule has 2 aromatic rings. The first-order chi connectivity index (χ1) is 13.1. The Morgan fingerprint density at radius 2 is 2.00 bits per heavy atom. The predicted molar refractivity (Wildman–Crippen MR) is 107 cm³/mol. The van der Waals surface area contributed by atoms with Gasteiger partial charge in [0, 0.05) is 0 Å². The van der Waals surface area contributed by atoms with Gasteiger partial charge >= 0.3 is 0 Å². The van der Waals surface area contributed by atoms with Crippen LogP contribution in [-0.2, 0) is 11.3 Å². The summed E-state index contributed by atoms with van der Waals surface area (Å²) in [5, 5.41) is 13.1. The lowest BCUT2D eigenvalue weighted by atomic mass is 10.2. The second kappa shape index (κ2) is 8.64. The molecule has 0 spiro atoms. The number of methoxy groups -OCH3 is 1. The number of carbonyl (C=O) groups is 1. The van der Waals surface area contributed by atoms with E-state index < -0.39 is 0 Å². The number of benzene rings is 2. The van der Waals surface area contributed by atoms with Crippen molar-refractivity contribution in [3.8, 4) is 17.2 Å². The quantitative estimate of drug-likeness (QED) is 0.745. The van der Waals surface area contributed by atoms with E-state index in [0.717, 1.165) is 16.9 Å². The van der Waals surface area contributed by atoms with Crippen LogP contribution in [0.3, 0.4) is 0 Å². The molecule has 0 aromatic heterocycles. The lowest BCUT2D eigenvalue weighted by Gasteiger charge is -2.06. The van der Waals surface area contributed by atoms with Crippen molar-refractivity contribution < 1.29 is 19.4 Å². The van der Waals surface area contributed by atoms with Crippen LogP contribution in [0, 0.1) is 0 Å². The molecule has 0 atom stereocenters. The average Bonchev–Trinajstić information content (AvgIpc) is 3.03. The molecule has 2 N–H and O–H groups in total. The molecule has 1 heterocycles. The minimum absolute atomic E-state index is 0.0734. The third-order valence-electron chi connectivity index (χ3n) is 3.80. The maximum atomic E-state index is 12.2. The fourth-order valence-electron chi connectivity index (χ4n) is 2.44. The molecule has 1 aliphatic rings. The van der Waals surface area contributed by atoms with Crippen LogP contribution in [-0.4, -0.2) is 29.9 Å². The molecule has 27 heavy (non-hydrogen) atoms. The van der Waals surface area contributed by atoms with Crippen LogP contribution in [0.5, 0.6) is 17.2 Å². The molecule has 0 radical (unpaired) electrons. The summed E-state index contributed by atoms with van der Waals surface area (Å²) in [6, 6.07) is 12.6. The maximum Gasteiger partial charge on any atom is 0.264 e. The van der Waals surface area contributed by atoms with E-state index >= 15 is 0 Å². The van der Waals surface area contributed by atoms with Gasteiger partial charge in [-0.2, -0.15) is 0 Å². The number of thioether (sulfide) groups is 1. The van der Waals surface area contributed by atoms with Gasteiger partial charge in [0.1, 0.15) is 5.75 Å². The maximum absolute atomic E-state index is 12.2. The molecule has 7 heteroatoms. The average molecular weight is 384 g/mol. The monoisotopic (exact) mass is 384 g/mol. The number of nitrogens with zero attached hydrogens (tertiary/aromatic N) is 1. The number of aromatic hydroxyl groups is 1. The lowest BCUT2D eigenvalue weighted by Crippen LogP contribution is -2.19. The van der Waals surface area contributed by atoms with Crippen LogP contribution in [0.1, 0.15) is 18.1 Å². The van der Waals surface area contributed by atoms with Gasteiger partial charge in [-0.15, -0.1) is 0 Å². The van der Waals surface area contributed by atoms with Crippen molar-refractivity contribution in [2.24, 2.45) is 4.99 Å². The Kier molecular flexibility index (Phi) is 6.03. The van der Waals surface area contributed by atoms with Crippen molar-refractivity contribution in [3.05, 3.63) is 58.5 Å². The number of hydrogen-bond donors (Lipinski definition) is 2. The van der Waals surface area contributed by atoms with Gasteiger partial charge in [0.25, 0.3) is 5.91 Å². The topological polar surface area (TPSA) is 80.2 Å². The van der Waals surface area contributed by atoms with Gasteiger partial charge < -0.3 is 19.9 Å². The Morgan fingerprint density at radius 1 is 1.22 bits per heavy atom. The predicted octanol–water partition coefficient (Wildman–Crippen LogP) is 3.56. The Bertz CT molecular complexity index is 891. The number of phenols is 1. The van der Waals surface area contributed by atoms with Crippen LogP contribution in [0.15, 0.2) is 52.4 Å². The van der Waals surface area contributed by atoms with Crippen LogP contribution < -0.4 is 14.8 Å². The molecule has 1 fully saturated rings. The highest BCUT2D eigenvalue weighted by molar-refractivity contribution is 8.18. The zero-order chi connectivity index (χ0) is 19.2. The number of aliphatic imine (C=N–C) groups is 1. The SMILES string of the molecule is CCOc1cc(/C=C2\SC(=NCc3ccc(OC)cc3)NC2=O)ccc1O. The number of ether oxygens (including phenoxy) is 2. The first kappa shape index (κ1) is 18.8. The first-order valence-electron chi connectivity index (χ1n) is 8.43. The molecule has 1 amide bonds. The van der Waals surface area contributed by atoms with Crippen molar-refractivity contribution in [2.45, 2.75) is 13.5 Å². The highest BCUT2D eigenvalue weighted by atomic mass is 32.2. The smallest absolute Gasteiger partial charge is 0.264 e. The number of amides is 1. The fourth-order valence-corrected chi connectivity index (χ4v) is 3.26. The minimum Gasteiger partial charge on any atom is -0.504 e. The second-order valence-corrected chi connectivity index (χ2v) is 6.73. The molecule has 1 aliphatic heterocycles. The molecule has 1 saturated heterocycles. The van der Waals surface area contributed by atoms with Crippen LogP contribution in [0.4, 0.5) is 0 Å². The molecule has 3 rings (SSSR count). The van der Waals surface area contributed by atoms with E-state index in [2.05, 4.69) is 10.3 Å². The summed E-state index contributed by atoms with van der Waals surface area (Å²) in [5.74, 6) is 1.06. The van der Waals surface area contributed by atoms with Gasteiger partial charge in [-0.1, -0.05) is 18.2 Å². The highest BCUT2D eigenvalue weighted by Gasteiger charge is 2.23. The summed E-state index contributed by atoms with van der Waals surface area (Å²) < 4.78 is 10.5. The molecular formula is C20H20N2O4S. The first-order valence-corrected chi connectivity index (χ1v) is 9.24. The molecule has 0 bridgehead atoms. The van der Waals surface area contributed by atoms with Gasteiger partial charge in [-0.05, 0) is 60.2 Å². The van der Waals surface area contributed by atoms with E-state index in [9.17, 15) is 9.90 Å². The van der Waals surface area contributed by atoms with Crippen molar-refractivity contribution in [1.29, 1.82) is 0 Å². The number of nitrogens with one attached hydrogen (secondary N) is 1. The van der Waals surface area contributed by atoms with Crippen molar-refractivity contribution in [3.63, 3.8) is 0 Å². The van der Waals surface area contributed by atoms with E-state index in [0.29, 0.717) is 29.0 Å². The molecule has 0 unspecified atom stereocenters. The number of hydrogen-bond acceptors (Lipinski definition) is 6. The third kappa shape index (κ3) is 4.83. The van der Waals surface area contributed by atoms with Crippen molar-refractivity contribution >= 4 is 28.9 Å². The standard InChI is InChI=1S/C20H20N2O4S/c1-3-26-17-10-14(6-9-16(17)23)11-18-19(24)22-20(27-18)21-12-13-4-7-15(25-2)8-5-13/h4-11,23H,3,12H2,1-2H3,(H,21,22,24)/b18-11-.